The molecular formula is C24H16Cl2I2N2O3. The van der Waals surface area contributed by atoms with Crippen LogP contribution in [0.3, 0.4) is 0 Å². The highest BCUT2D eigenvalue weighted by Crippen LogP contribution is 2.35. The molecule has 5 nitrogen and oxygen atoms in total. The molecule has 0 spiro atoms. The molecule has 3 rings (SSSR count). The van der Waals surface area contributed by atoms with E-state index in [1.807, 2.05) is 36.4 Å². The van der Waals surface area contributed by atoms with Gasteiger partial charge in [-0.15, -0.1) is 0 Å². The molecule has 1 amide bonds. The van der Waals surface area contributed by atoms with Crippen LogP contribution >= 0.6 is 68.4 Å². The summed E-state index contributed by atoms with van der Waals surface area (Å²) in [5, 5.41) is 12.9. The second kappa shape index (κ2) is 11.9. The topological polar surface area (TPSA) is 71.3 Å². The summed E-state index contributed by atoms with van der Waals surface area (Å²) in [4.78, 5) is 12.6. The number of ether oxygens (including phenoxy) is 2. The van der Waals surface area contributed by atoms with E-state index in [0.717, 1.165) is 12.7 Å². The zero-order valence-corrected chi connectivity index (χ0v) is 23.0. The normalized spacial score (nSPS) is 11.0. The van der Waals surface area contributed by atoms with Gasteiger partial charge in [-0.3, -0.25) is 4.79 Å². The number of benzene rings is 3. The number of nitrogens with one attached hydrogen (secondary N) is 1. The Balaban J connectivity index is 1.81. The standard InChI is InChI=1S/C24H16Cl2I2N2O3/c1-32-22-10-15(9-21(28)23(22)33-13-14-2-4-17(27)5-3-14)8-16(12-29)24(31)30-18-6-7-19(25)20(26)11-18/h2-11H,13H2,1H3,(H,30,31)/b16-8+. The Bertz CT molecular complexity index is 1260. The molecule has 0 radical (unpaired) electrons. The van der Waals surface area contributed by atoms with Crippen molar-refractivity contribution in [1.29, 1.82) is 5.26 Å². The van der Waals surface area contributed by atoms with Crippen LogP contribution < -0.4 is 14.8 Å². The van der Waals surface area contributed by atoms with Crippen molar-refractivity contribution in [3.63, 3.8) is 0 Å². The van der Waals surface area contributed by atoms with E-state index in [4.69, 9.17) is 32.7 Å². The molecule has 0 aliphatic rings. The zero-order valence-electron chi connectivity index (χ0n) is 17.2. The van der Waals surface area contributed by atoms with Gasteiger partial charge >= 0.3 is 0 Å². The number of anilines is 1. The Kier molecular flexibility index (Phi) is 9.26. The first-order valence-corrected chi connectivity index (χ1v) is 12.3. The minimum atomic E-state index is -0.566. The summed E-state index contributed by atoms with van der Waals surface area (Å²) in [5.74, 6) is 0.525. The van der Waals surface area contributed by atoms with Gasteiger partial charge in [0, 0.05) is 9.26 Å². The quantitative estimate of drug-likeness (QED) is 0.159. The fourth-order valence-electron chi connectivity index (χ4n) is 2.79. The van der Waals surface area contributed by atoms with E-state index in [-0.39, 0.29) is 5.57 Å². The van der Waals surface area contributed by atoms with E-state index in [1.54, 1.807) is 25.3 Å². The van der Waals surface area contributed by atoms with Crippen molar-refractivity contribution in [3.8, 4) is 17.6 Å². The van der Waals surface area contributed by atoms with Crippen LogP contribution in [0.25, 0.3) is 6.08 Å². The van der Waals surface area contributed by atoms with E-state index in [0.29, 0.717) is 39.4 Å². The third kappa shape index (κ3) is 6.99. The van der Waals surface area contributed by atoms with E-state index < -0.39 is 5.91 Å². The Morgan fingerprint density at radius 3 is 2.45 bits per heavy atom. The third-order valence-corrected chi connectivity index (χ3v) is 6.66. The van der Waals surface area contributed by atoms with Crippen LogP contribution in [0.1, 0.15) is 11.1 Å². The first-order chi connectivity index (χ1) is 15.8. The highest BCUT2D eigenvalue weighted by Gasteiger charge is 2.15. The maximum absolute atomic E-state index is 12.6. The summed E-state index contributed by atoms with van der Waals surface area (Å²) in [5.41, 5.74) is 2.01. The fraction of sp³-hybridized carbons (Fsp3) is 0.0833. The van der Waals surface area contributed by atoms with Crippen molar-refractivity contribution in [3.05, 3.63) is 88.5 Å². The molecule has 33 heavy (non-hydrogen) atoms. The lowest BCUT2D eigenvalue weighted by atomic mass is 10.1. The highest BCUT2D eigenvalue weighted by molar-refractivity contribution is 14.1. The van der Waals surface area contributed by atoms with Crippen molar-refractivity contribution in [2.45, 2.75) is 6.61 Å². The van der Waals surface area contributed by atoms with Crippen molar-refractivity contribution in [2.24, 2.45) is 0 Å². The molecule has 0 saturated carbocycles. The number of amides is 1. The smallest absolute Gasteiger partial charge is 0.266 e. The lowest BCUT2D eigenvalue weighted by molar-refractivity contribution is -0.112. The Morgan fingerprint density at radius 2 is 1.82 bits per heavy atom. The molecular weight excluding hydrogens is 689 g/mol. The summed E-state index contributed by atoms with van der Waals surface area (Å²) >= 11 is 16.3. The van der Waals surface area contributed by atoms with Crippen LogP contribution in [0.2, 0.25) is 10.0 Å². The molecule has 9 heteroatoms. The van der Waals surface area contributed by atoms with Crippen molar-refractivity contribution in [2.75, 3.05) is 12.4 Å². The molecule has 0 aromatic heterocycles. The van der Waals surface area contributed by atoms with Gasteiger partial charge in [-0.1, -0.05) is 35.3 Å². The predicted octanol–water partition coefficient (Wildman–Crippen LogP) is 7.34. The number of hydrogen-bond donors (Lipinski definition) is 1. The maximum atomic E-state index is 12.6. The van der Waals surface area contributed by atoms with Crippen molar-refractivity contribution in [1.82, 2.24) is 0 Å². The summed E-state index contributed by atoms with van der Waals surface area (Å²) < 4.78 is 13.4. The Morgan fingerprint density at radius 1 is 1.09 bits per heavy atom. The Hall–Kier alpha value is -2.00. The monoisotopic (exact) mass is 704 g/mol. The SMILES string of the molecule is COc1cc(/C=C(\C#N)C(=O)Nc2ccc(Cl)c(Cl)c2)cc(I)c1OCc1ccc(I)cc1. The third-order valence-electron chi connectivity index (χ3n) is 4.40. The number of methoxy groups -OCH3 is 1. The number of carbonyl (C=O) groups excluding carboxylic acids is 1. The van der Waals surface area contributed by atoms with Gasteiger partial charge in [-0.2, -0.15) is 5.26 Å². The lowest BCUT2D eigenvalue weighted by Crippen LogP contribution is -2.13. The van der Waals surface area contributed by atoms with Gasteiger partial charge in [0.25, 0.3) is 5.91 Å². The zero-order chi connectivity index (χ0) is 24.0. The largest absolute Gasteiger partial charge is 0.493 e. The molecule has 0 fully saturated rings. The van der Waals surface area contributed by atoms with Crippen LogP contribution in [0, 0.1) is 18.5 Å². The fourth-order valence-corrected chi connectivity index (χ4v) is 4.23. The minimum absolute atomic E-state index is 0.0773. The van der Waals surface area contributed by atoms with Gasteiger partial charge in [0.2, 0.25) is 0 Å². The second-order valence-electron chi connectivity index (χ2n) is 6.70. The summed E-state index contributed by atoms with van der Waals surface area (Å²) in [6.07, 6.45) is 1.49. The van der Waals surface area contributed by atoms with E-state index in [9.17, 15) is 10.1 Å². The molecule has 1 N–H and O–H groups in total. The second-order valence-corrected chi connectivity index (χ2v) is 9.92. The van der Waals surface area contributed by atoms with E-state index in [2.05, 4.69) is 50.5 Å². The first-order valence-electron chi connectivity index (χ1n) is 9.43. The predicted molar refractivity (Wildman–Crippen MR) is 148 cm³/mol. The van der Waals surface area contributed by atoms with Crippen LogP contribution in [0.15, 0.2) is 60.2 Å². The molecule has 0 atom stereocenters. The van der Waals surface area contributed by atoms with Crippen LogP contribution in [0.4, 0.5) is 5.69 Å². The molecule has 168 valence electrons. The van der Waals surface area contributed by atoms with Gasteiger partial charge in [0.1, 0.15) is 18.2 Å². The molecule has 0 bridgehead atoms. The molecule has 0 unspecified atom stereocenters. The van der Waals surface area contributed by atoms with Crippen molar-refractivity contribution < 1.29 is 14.3 Å². The highest BCUT2D eigenvalue weighted by atomic mass is 127. The van der Waals surface area contributed by atoms with Crippen LogP contribution in [-0.4, -0.2) is 13.0 Å². The summed E-state index contributed by atoms with van der Waals surface area (Å²) in [6, 6.07) is 18.2. The summed E-state index contributed by atoms with van der Waals surface area (Å²) in [6.45, 7) is 0.383. The van der Waals surface area contributed by atoms with Crippen LogP contribution in [0.5, 0.6) is 11.5 Å². The number of nitrogens with zero attached hydrogens (tertiary/aromatic N) is 1. The molecule has 3 aromatic rings. The molecule has 3 aromatic carbocycles. The average molecular weight is 705 g/mol. The first kappa shape index (κ1) is 25.6. The number of hydrogen-bond acceptors (Lipinski definition) is 4. The number of rotatable bonds is 7. The van der Waals surface area contributed by atoms with Gasteiger partial charge in [-0.05, 0) is 105 Å². The van der Waals surface area contributed by atoms with Gasteiger partial charge in [-0.25, -0.2) is 0 Å². The minimum Gasteiger partial charge on any atom is -0.493 e. The number of carbonyl (C=O) groups is 1. The van der Waals surface area contributed by atoms with Gasteiger partial charge in [0.05, 0.1) is 20.7 Å². The molecule has 0 heterocycles. The number of nitriles is 1. The lowest BCUT2D eigenvalue weighted by Gasteiger charge is -2.14. The maximum Gasteiger partial charge on any atom is 0.266 e. The molecule has 0 saturated heterocycles. The molecule has 0 aliphatic carbocycles. The van der Waals surface area contributed by atoms with Crippen LogP contribution in [-0.2, 0) is 11.4 Å². The number of halogens is 4. The van der Waals surface area contributed by atoms with E-state index in [1.165, 1.54) is 12.1 Å². The van der Waals surface area contributed by atoms with Gasteiger partial charge in [0.15, 0.2) is 11.5 Å². The summed E-state index contributed by atoms with van der Waals surface area (Å²) in [7, 11) is 1.54. The van der Waals surface area contributed by atoms with Gasteiger partial charge < -0.3 is 14.8 Å². The van der Waals surface area contributed by atoms with E-state index >= 15 is 0 Å². The van der Waals surface area contributed by atoms with Crippen molar-refractivity contribution >= 4 is 86.1 Å². The average Bonchev–Trinajstić information content (AvgIpc) is 2.79. The molecule has 0 aliphatic heterocycles. The Labute approximate surface area is 229 Å².